The molecule has 6 heteroatoms. The molecule has 2 aromatic rings. The molecule has 1 heterocycles. The molecule has 1 aliphatic heterocycles. The molecule has 0 aliphatic carbocycles. The highest BCUT2D eigenvalue weighted by molar-refractivity contribution is 5.86. The fraction of sp³-hybridized carbons (Fsp3) is 0.440. The third kappa shape index (κ3) is 7.40. The van der Waals surface area contributed by atoms with Gasteiger partial charge in [-0.05, 0) is 29.9 Å². The van der Waals surface area contributed by atoms with Crippen LogP contribution in [0.15, 0.2) is 60.7 Å². The zero-order chi connectivity index (χ0) is 22.1. The van der Waals surface area contributed by atoms with Crippen LogP contribution in [-0.4, -0.2) is 42.1 Å². The Bertz CT molecular complexity index is 818. The van der Waals surface area contributed by atoms with Crippen LogP contribution in [0.2, 0.25) is 0 Å². The summed E-state index contributed by atoms with van der Waals surface area (Å²) in [5.41, 5.74) is 2.22. The number of nitrogens with one attached hydrogen (secondary N) is 2. The van der Waals surface area contributed by atoms with E-state index in [2.05, 4.69) is 39.8 Å². The SMILES string of the molecule is CC(C)[C@H](NC(=O)OCc1ccccc1)C(=O)NC1CCN(Cc2ccccc2)CC1. The highest BCUT2D eigenvalue weighted by atomic mass is 16.5. The zero-order valence-electron chi connectivity index (χ0n) is 18.4. The summed E-state index contributed by atoms with van der Waals surface area (Å²) >= 11 is 0. The molecule has 6 nitrogen and oxygen atoms in total. The second-order valence-corrected chi connectivity index (χ2v) is 8.47. The van der Waals surface area contributed by atoms with E-state index in [1.54, 1.807) is 0 Å². The molecule has 2 amide bonds. The summed E-state index contributed by atoms with van der Waals surface area (Å²) in [6.45, 7) is 6.84. The van der Waals surface area contributed by atoms with Crippen molar-refractivity contribution in [2.75, 3.05) is 13.1 Å². The summed E-state index contributed by atoms with van der Waals surface area (Å²) < 4.78 is 5.28. The van der Waals surface area contributed by atoms with Crippen LogP contribution in [0.3, 0.4) is 0 Å². The van der Waals surface area contributed by atoms with Crippen molar-refractivity contribution < 1.29 is 14.3 Å². The van der Waals surface area contributed by atoms with E-state index in [0.717, 1.165) is 38.0 Å². The molecule has 0 aromatic heterocycles. The minimum atomic E-state index is -0.620. The molecule has 1 atom stereocenters. The minimum absolute atomic E-state index is 0.0394. The molecule has 1 saturated heterocycles. The van der Waals surface area contributed by atoms with Crippen LogP contribution in [0.1, 0.15) is 37.8 Å². The highest BCUT2D eigenvalue weighted by Crippen LogP contribution is 2.15. The van der Waals surface area contributed by atoms with E-state index in [-0.39, 0.29) is 24.5 Å². The molecule has 1 aliphatic rings. The van der Waals surface area contributed by atoms with E-state index in [9.17, 15) is 9.59 Å². The number of piperidine rings is 1. The fourth-order valence-electron chi connectivity index (χ4n) is 3.79. The van der Waals surface area contributed by atoms with Crippen LogP contribution in [0.4, 0.5) is 4.79 Å². The quantitative estimate of drug-likeness (QED) is 0.679. The summed E-state index contributed by atoms with van der Waals surface area (Å²) in [7, 11) is 0. The Morgan fingerprint density at radius 1 is 0.968 bits per heavy atom. The van der Waals surface area contributed by atoms with Gasteiger partial charge in [0, 0.05) is 25.7 Å². The molecule has 3 rings (SSSR count). The maximum absolute atomic E-state index is 12.8. The number of rotatable bonds is 8. The van der Waals surface area contributed by atoms with Crippen molar-refractivity contribution in [2.45, 2.75) is 51.9 Å². The maximum Gasteiger partial charge on any atom is 0.408 e. The number of likely N-dealkylation sites (tertiary alicyclic amines) is 1. The van der Waals surface area contributed by atoms with Crippen LogP contribution in [-0.2, 0) is 22.7 Å². The van der Waals surface area contributed by atoms with Gasteiger partial charge in [-0.3, -0.25) is 9.69 Å². The smallest absolute Gasteiger partial charge is 0.408 e. The van der Waals surface area contributed by atoms with Crippen LogP contribution in [0.25, 0.3) is 0 Å². The maximum atomic E-state index is 12.8. The number of alkyl carbamates (subject to hydrolysis) is 1. The molecule has 166 valence electrons. The van der Waals surface area contributed by atoms with Gasteiger partial charge < -0.3 is 15.4 Å². The fourth-order valence-corrected chi connectivity index (χ4v) is 3.79. The van der Waals surface area contributed by atoms with E-state index in [1.165, 1.54) is 5.56 Å². The lowest BCUT2D eigenvalue weighted by Crippen LogP contribution is -2.54. The number of benzene rings is 2. The molecule has 0 saturated carbocycles. The van der Waals surface area contributed by atoms with Gasteiger partial charge in [-0.15, -0.1) is 0 Å². The Balaban J connectivity index is 1.43. The molecule has 31 heavy (non-hydrogen) atoms. The largest absolute Gasteiger partial charge is 0.445 e. The van der Waals surface area contributed by atoms with Crippen molar-refractivity contribution in [1.82, 2.24) is 15.5 Å². The zero-order valence-corrected chi connectivity index (χ0v) is 18.4. The molecule has 0 radical (unpaired) electrons. The Hall–Kier alpha value is -2.86. The molecule has 0 spiro atoms. The van der Waals surface area contributed by atoms with Crippen LogP contribution < -0.4 is 10.6 Å². The van der Waals surface area contributed by atoms with Gasteiger partial charge >= 0.3 is 6.09 Å². The Labute approximate surface area is 185 Å². The van der Waals surface area contributed by atoms with Crippen molar-refractivity contribution in [2.24, 2.45) is 5.92 Å². The summed E-state index contributed by atoms with van der Waals surface area (Å²) in [4.78, 5) is 27.5. The summed E-state index contributed by atoms with van der Waals surface area (Å²) in [5, 5.41) is 5.86. The molecule has 0 unspecified atom stereocenters. The molecular formula is C25H33N3O3. The number of ether oxygens (including phenoxy) is 1. The lowest BCUT2D eigenvalue weighted by Gasteiger charge is -2.33. The lowest BCUT2D eigenvalue weighted by molar-refractivity contribution is -0.125. The van der Waals surface area contributed by atoms with Gasteiger partial charge in [0.2, 0.25) is 5.91 Å². The van der Waals surface area contributed by atoms with Crippen molar-refractivity contribution in [3.8, 4) is 0 Å². The van der Waals surface area contributed by atoms with Gasteiger partial charge in [-0.25, -0.2) is 4.79 Å². The number of carbonyl (C=O) groups is 2. The monoisotopic (exact) mass is 423 g/mol. The van der Waals surface area contributed by atoms with Crippen molar-refractivity contribution in [3.63, 3.8) is 0 Å². The normalized spacial score (nSPS) is 16.0. The predicted octanol–water partition coefficient (Wildman–Crippen LogP) is 3.72. The first-order chi connectivity index (χ1) is 15.0. The average Bonchev–Trinajstić information content (AvgIpc) is 2.78. The van der Waals surface area contributed by atoms with Crippen LogP contribution in [0.5, 0.6) is 0 Å². The Kier molecular flexibility index (Phi) is 8.47. The second-order valence-electron chi connectivity index (χ2n) is 8.47. The van der Waals surface area contributed by atoms with Gasteiger partial charge in [0.25, 0.3) is 0 Å². The second kappa shape index (κ2) is 11.5. The molecular weight excluding hydrogens is 390 g/mol. The van der Waals surface area contributed by atoms with Crippen molar-refractivity contribution in [1.29, 1.82) is 0 Å². The van der Waals surface area contributed by atoms with Crippen LogP contribution in [0, 0.1) is 5.92 Å². The van der Waals surface area contributed by atoms with Crippen molar-refractivity contribution in [3.05, 3.63) is 71.8 Å². The first kappa shape index (κ1) is 22.8. The van der Waals surface area contributed by atoms with E-state index in [1.807, 2.05) is 50.2 Å². The topological polar surface area (TPSA) is 70.7 Å². The van der Waals surface area contributed by atoms with E-state index < -0.39 is 12.1 Å². The van der Waals surface area contributed by atoms with Gasteiger partial charge in [-0.1, -0.05) is 74.5 Å². The summed E-state index contributed by atoms with van der Waals surface area (Å²) in [6.07, 6.45) is 1.24. The minimum Gasteiger partial charge on any atom is -0.445 e. The van der Waals surface area contributed by atoms with Gasteiger partial charge in [0.05, 0.1) is 0 Å². The number of hydrogen-bond acceptors (Lipinski definition) is 4. The van der Waals surface area contributed by atoms with Gasteiger partial charge in [-0.2, -0.15) is 0 Å². The van der Waals surface area contributed by atoms with Gasteiger partial charge in [0.1, 0.15) is 12.6 Å². The number of nitrogens with zero attached hydrogens (tertiary/aromatic N) is 1. The third-order valence-electron chi connectivity index (χ3n) is 5.62. The standard InChI is InChI=1S/C25H33N3O3/c1-19(2)23(27-25(30)31-18-21-11-7-4-8-12-21)24(29)26-22-13-15-28(16-14-22)17-20-9-5-3-6-10-20/h3-12,19,22-23H,13-18H2,1-2H3,(H,26,29)(H,27,30)/t23-/m0/s1. The van der Waals surface area contributed by atoms with Crippen LogP contribution >= 0.6 is 0 Å². The molecule has 2 aromatic carbocycles. The number of carbonyl (C=O) groups excluding carboxylic acids is 2. The molecule has 1 fully saturated rings. The summed E-state index contributed by atoms with van der Waals surface area (Å²) in [5.74, 6) is -0.185. The number of hydrogen-bond donors (Lipinski definition) is 2. The van der Waals surface area contributed by atoms with Crippen molar-refractivity contribution >= 4 is 12.0 Å². The average molecular weight is 424 g/mol. The predicted molar refractivity (Wildman–Crippen MR) is 121 cm³/mol. The highest BCUT2D eigenvalue weighted by Gasteiger charge is 2.28. The lowest BCUT2D eigenvalue weighted by atomic mass is 10.0. The van der Waals surface area contributed by atoms with E-state index in [0.29, 0.717) is 0 Å². The molecule has 0 bridgehead atoms. The van der Waals surface area contributed by atoms with E-state index >= 15 is 0 Å². The van der Waals surface area contributed by atoms with E-state index in [4.69, 9.17) is 4.74 Å². The molecule has 2 N–H and O–H groups in total. The van der Waals surface area contributed by atoms with Gasteiger partial charge in [0.15, 0.2) is 0 Å². The first-order valence-corrected chi connectivity index (χ1v) is 11.0. The number of amides is 2. The third-order valence-corrected chi connectivity index (χ3v) is 5.62. The Morgan fingerprint density at radius 3 is 2.13 bits per heavy atom. The first-order valence-electron chi connectivity index (χ1n) is 11.0. The summed E-state index contributed by atoms with van der Waals surface area (Å²) in [6, 6.07) is 19.4. The Morgan fingerprint density at radius 2 is 1.55 bits per heavy atom.